The highest BCUT2D eigenvalue weighted by Crippen LogP contribution is 2.10. The summed E-state index contributed by atoms with van der Waals surface area (Å²) in [6, 6.07) is 0. The monoisotopic (exact) mass is 356 g/mol. The number of nitrogens with zero attached hydrogens (tertiary/aromatic N) is 1. The van der Waals surface area contributed by atoms with E-state index in [0.717, 1.165) is 25.7 Å². The predicted octanol–water partition coefficient (Wildman–Crippen LogP) is 4.66. The van der Waals surface area contributed by atoms with Crippen LogP contribution in [0.4, 0.5) is 0 Å². The van der Waals surface area contributed by atoms with Gasteiger partial charge >= 0.3 is 0 Å². The van der Waals surface area contributed by atoms with E-state index in [9.17, 15) is 10.0 Å². The fourth-order valence-corrected chi connectivity index (χ4v) is 2.72. The van der Waals surface area contributed by atoms with E-state index < -0.39 is 18.7 Å². The van der Waals surface area contributed by atoms with E-state index in [4.69, 9.17) is 10.2 Å². The van der Waals surface area contributed by atoms with Crippen LogP contribution in [0.5, 0.6) is 0 Å². The fraction of sp³-hybridized carbons (Fsp3) is 0.850. The van der Waals surface area contributed by atoms with Gasteiger partial charge in [0.15, 0.2) is 6.29 Å². The molecule has 0 aliphatic carbocycles. The lowest BCUT2D eigenvalue weighted by atomic mass is 10.1. The zero-order valence-corrected chi connectivity index (χ0v) is 16.0. The molecule has 0 atom stereocenters. The van der Waals surface area contributed by atoms with Crippen LogP contribution in [-0.4, -0.2) is 34.0 Å². The molecule has 0 saturated heterocycles. The van der Waals surface area contributed by atoms with Gasteiger partial charge in [-0.25, -0.2) is 0 Å². The highest BCUT2D eigenvalue weighted by molar-refractivity contribution is 5.76. The minimum atomic E-state index is -1.75. The van der Waals surface area contributed by atoms with Crippen molar-refractivity contribution in [1.29, 1.82) is 0 Å². The average molecular weight is 357 g/mol. The summed E-state index contributed by atoms with van der Waals surface area (Å²) >= 11 is 0. The van der Waals surface area contributed by atoms with Gasteiger partial charge in [-0.1, -0.05) is 70.4 Å². The second kappa shape index (κ2) is 17.9. The second-order valence-electron chi connectivity index (χ2n) is 6.77. The zero-order chi connectivity index (χ0) is 18.8. The lowest BCUT2D eigenvalue weighted by Gasteiger charge is -2.28. The molecule has 5 nitrogen and oxygen atoms in total. The van der Waals surface area contributed by atoms with Crippen LogP contribution in [0.1, 0.15) is 96.8 Å². The fourth-order valence-electron chi connectivity index (χ4n) is 2.72. The summed E-state index contributed by atoms with van der Waals surface area (Å²) in [5.74, 6) is -0.564. The van der Waals surface area contributed by atoms with Crippen molar-refractivity contribution < 1.29 is 15.0 Å². The van der Waals surface area contributed by atoms with Crippen molar-refractivity contribution in [2.45, 2.75) is 103 Å². The highest BCUT2D eigenvalue weighted by atomic mass is 16.5. The summed E-state index contributed by atoms with van der Waals surface area (Å²) in [6.45, 7) is 1.68. The molecule has 0 rings (SSSR count). The first-order valence-corrected chi connectivity index (χ1v) is 10.1. The van der Waals surface area contributed by atoms with E-state index >= 15 is 0 Å². The van der Waals surface area contributed by atoms with Crippen LogP contribution in [0, 0.1) is 5.21 Å². The van der Waals surface area contributed by atoms with Crippen molar-refractivity contribution in [3.05, 3.63) is 17.4 Å². The van der Waals surface area contributed by atoms with E-state index in [1.54, 1.807) is 0 Å². The lowest BCUT2D eigenvalue weighted by Crippen LogP contribution is -2.32. The Hall–Kier alpha value is -0.910. The maximum Gasteiger partial charge on any atom is 0.212 e. The minimum Gasteiger partial charge on any atom is -0.756 e. The first-order valence-electron chi connectivity index (χ1n) is 10.1. The summed E-state index contributed by atoms with van der Waals surface area (Å²) in [7, 11) is 0. The molecule has 0 spiro atoms. The maximum atomic E-state index is 11.4. The molecule has 0 aliphatic heterocycles. The Labute approximate surface area is 153 Å². The molecule has 2 N–H and O–H groups in total. The smallest absolute Gasteiger partial charge is 0.212 e. The van der Waals surface area contributed by atoms with E-state index in [0.29, 0.717) is 6.42 Å². The molecule has 0 aromatic heterocycles. The van der Waals surface area contributed by atoms with Gasteiger partial charge in [0.05, 0.1) is 6.54 Å². The number of hydroxylamine groups is 2. The number of rotatable bonds is 17. The Morgan fingerprint density at radius 3 is 1.88 bits per heavy atom. The molecule has 0 bridgehead atoms. The Bertz CT molecular complexity index is 332. The van der Waals surface area contributed by atoms with Crippen LogP contribution in [0.2, 0.25) is 0 Å². The Kier molecular flexibility index (Phi) is 17.2. The standard InChI is InChI=1S/C20H38NO4/c1-2-3-4-5-6-7-8-9-10-11-12-13-14-15-16-17-19(22)21(25)18-20(23)24/h9-10,20,23-24H,2-8,11-18H2,1H3/q-1. The van der Waals surface area contributed by atoms with Gasteiger partial charge in [0.1, 0.15) is 0 Å². The number of carbonyl (C=O) groups excluding carboxylic acids is 1. The number of aliphatic hydroxyl groups excluding tert-OH is 1. The topological polar surface area (TPSA) is 83.8 Å². The van der Waals surface area contributed by atoms with E-state index in [2.05, 4.69) is 19.1 Å². The summed E-state index contributed by atoms with van der Waals surface area (Å²) in [4.78, 5) is 11.4. The van der Waals surface area contributed by atoms with Gasteiger partial charge in [-0.3, -0.25) is 4.79 Å². The van der Waals surface area contributed by atoms with Crippen molar-refractivity contribution in [2.24, 2.45) is 0 Å². The van der Waals surface area contributed by atoms with Gasteiger partial charge in [-0.15, -0.1) is 0 Å². The molecule has 0 fully saturated rings. The SMILES string of the molecule is CCCCCCCCC=CCCCCCCCC(=O)N([O-])CC(O)O. The molecule has 5 heteroatoms. The number of amides is 1. The third-order valence-electron chi connectivity index (χ3n) is 4.26. The minimum absolute atomic E-state index is 0.138. The zero-order valence-electron chi connectivity index (χ0n) is 16.0. The van der Waals surface area contributed by atoms with Gasteiger partial charge < -0.3 is 20.5 Å². The van der Waals surface area contributed by atoms with Crippen LogP contribution >= 0.6 is 0 Å². The molecule has 0 saturated carbocycles. The van der Waals surface area contributed by atoms with Crippen molar-refractivity contribution >= 4 is 5.91 Å². The lowest BCUT2D eigenvalue weighted by molar-refractivity contribution is -0.134. The van der Waals surface area contributed by atoms with Gasteiger partial charge in [0.2, 0.25) is 5.91 Å². The third kappa shape index (κ3) is 17.7. The van der Waals surface area contributed by atoms with Gasteiger partial charge in [0, 0.05) is 6.42 Å². The van der Waals surface area contributed by atoms with Gasteiger partial charge in [0.25, 0.3) is 0 Å². The van der Waals surface area contributed by atoms with Crippen LogP contribution < -0.4 is 0 Å². The molecular weight excluding hydrogens is 318 g/mol. The number of aliphatic hydroxyl groups is 2. The molecule has 0 aromatic rings. The molecule has 1 amide bonds. The average Bonchev–Trinajstić information content (AvgIpc) is 2.57. The first kappa shape index (κ1) is 24.1. The van der Waals surface area contributed by atoms with Crippen LogP contribution in [0.3, 0.4) is 0 Å². The van der Waals surface area contributed by atoms with E-state index in [1.807, 2.05) is 0 Å². The van der Waals surface area contributed by atoms with Crippen molar-refractivity contribution in [3.8, 4) is 0 Å². The molecule has 0 heterocycles. The largest absolute Gasteiger partial charge is 0.756 e. The number of carbonyl (C=O) groups is 1. The van der Waals surface area contributed by atoms with Gasteiger partial charge in [-0.2, -0.15) is 0 Å². The molecular formula is C20H38NO4-. The molecule has 0 unspecified atom stereocenters. The van der Waals surface area contributed by atoms with Crippen LogP contribution in [-0.2, 0) is 4.79 Å². The number of hydrogen-bond acceptors (Lipinski definition) is 4. The Morgan fingerprint density at radius 1 is 0.880 bits per heavy atom. The Balaban J connectivity index is 3.30. The predicted molar refractivity (Wildman–Crippen MR) is 103 cm³/mol. The van der Waals surface area contributed by atoms with Crippen LogP contribution in [0.25, 0.3) is 0 Å². The van der Waals surface area contributed by atoms with Crippen molar-refractivity contribution in [2.75, 3.05) is 6.54 Å². The maximum absolute atomic E-state index is 11.4. The Morgan fingerprint density at radius 2 is 1.36 bits per heavy atom. The van der Waals surface area contributed by atoms with Gasteiger partial charge in [-0.05, 0) is 32.1 Å². The quantitative estimate of drug-likeness (QED) is 0.172. The first-order chi connectivity index (χ1) is 12.1. The summed E-state index contributed by atoms with van der Waals surface area (Å²) < 4.78 is 0. The van der Waals surface area contributed by atoms with Crippen molar-refractivity contribution in [3.63, 3.8) is 0 Å². The van der Waals surface area contributed by atoms with Crippen molar-refractivity contribution in [1.82, 2.24) is 5.06 Å². The molecule has 148 valence electrons. The second-order valence-corrected chi connectivity index (χ2v) is 6.77. The molecule has 0 aliphatic rings. The molecule has 0 radical (unpaired) electrons. The molecule has 25 heavy (non-hydrogen) atoms. The highest BCUT2D eigenvalue weighted by Gasteiger charge is 2.06. The van der Waals surface area contributed by atoms with Crippen LogP contribution in [0.15, 0.2) is 12.2 Å². The third-order valence-corrected chi connectivity index (χ3v) is 4.26. The summed E-state index contributed by atoms with van der Waals surface area (Å²) in [5, 5.41) is 28.6. The van der Waals surface area contributed by atoms with E-state index in [1.165, 1.54) is 51.4 Å². The number of allylic oxidation sites excluding steroid dienone is 2. The number of hydrogen-bond donors (Lipinski definition) is 2. The summed E-state index contributed by atoms with van der Waals surface area (Å²) in [5.41, 5.74) is 0. The number of unbranched alkanes of at least 4 members (excludes halogenated alkanes) is 11. The summed E-state index contributed by atoms with van der Waals surface area (Å²) in [6.07, 6.45) is 18.4. The normalized spacial score (nSPS) is 11.6. The van der Waals surface area contributed by atoms with E-state index in [-0.39, 0.29) is 11.5 Å². The molecule has 0 aromatic carbocycles.